The van der Waals surface area contributed by atoms with Crippen molar-refractivity contribution in [3.63, 3.8) is 0 Å². The number of halogens is 10. The first kappa shape index (κ1) is 38.1. The van der Waals surface area contributed by atoms with Crippen molar-refractivity contribution in [1.82, 2.24) is 19.6 Å². The number of nitrogens with zero attached hydrogens (tertiary/aromatic N) is 5. The molecule has 1 aliphatic rings. The zero-order valence-corrected chi connectivity index (χ0v) is 30.1. The van der Waals surface area contributed by atoms with Crippen LogP contribution in [0.25, 0.3) is 11.4 Å². The van der Waals surface area contributed by atoms with Crippen LogP contribution in [0.15, 0.2) is 39.0 Å². The maximum atomic E-state index is 13.6. The standard InChI is InChI=1S/C29H23Cl4F6N5O3S2/c1-11(20-24(48-3)12(2)43(41-20)22-16(30)5-13(6-17(22)31)28(34,35)36)40-26-25(49-4)21(27-46-10-15(9-45)47-27)42-44(26)23-18(32)7-14(8-19(23)33)29(37,38)39/h5-8,15,27,45H,9-10H2,1-4H3. The SMILES string of the molecule is CSc1c(C(C)=Nc2c(SC)c(C3OCC(CO)O3)nn2-c2c(Cl)cc(C(F)(F)F)cc2Cl)nn(-c2c(Cl)cc(C(F)(F)F)cc2Cl)c1C. The molecule has 0 spiro atoms. The van der Waals surface area contributed by atoms with E-state index in [4.69, 9.17) is 60.9 Å². The molecule has 1 N–H and O–H groups in total. The highest BCUT2D eigenvalue weighted by molar-refractivity contribution is 7.99. The topological polar surface area (TPSA) is 86.7 Å². The molecule has 1 saturated heterocycles. The van der Waals surface area contributed by atoms with Gasteiger partial charge >= 0.3 is 12.4 Å². The fraction of sp³-hybridized carbons (Fsp3) is 0.345. The first-order valence-corrected chi connectivity index (χ1v) is 17.7. The zero-order valence-electron chi connectivity index (χ0n) is 25.5. The Bertz CT molecular complexity index is 1900. The van der Waals surface area contributed by atoms with Crippen molar-refractivity contribution in [2.75, 3.05) is 25.7 Å². The average molecular weight is 809 g/mol. The van der Waals surface area contributed by atoms with Gasteiger partial charge in [-0.2, -0.15) is 36.5 Å². The van der Waals surface area contributed by atoms with Gasteiger partial charge < -0.3 is 14.6 Å². The molecule has 2 aromatic carbocycles. The molecule has 0 bridgehead atoms. The Morgan fingerprint density at radius 2 is 1.37 bits per heavy atom. The molecule has 0 saturated carbocycles. The average Bonchev–Trinajstić information content (AvgIpc) is 3.71. The summed E-state index contributed by atoms with van der Waals surface area (Å²) in [5, 5.41) is 17.4. The van der Waals surface area contributed by atoms with E-state index in [2.05, 4.69) is 10.2 Å². The van der Waals surface area contributed by atoms with Gasteiger partial charge in [-0.05, 0) is 50.6 Å². The van der Waals surface area contributed by atoms with Crippen LogP contribution in [0.5, 0.6) is 0 Å². The van der Waals surface area contributed by atoms with Gasteiger partial charge in [0.1, 0.15) is 28.9 Å². The molecule has 1 fully saturated rings. The van der Waals surface area contributed by atoms with Crippen molar-refractivity contribution in [2.24, 2.45) is 4.99 Å². The van der Waals surface area contributed by atoms with Gasteiger partial charge in [0.05, 0.1) is 65.6 Å². The van der Waals surface area contributed by atoms with Crippen molar-refractivity contribution in [3.05, 3.63) is 72.6 Å². The minimum absolute atomic E-state index is 0.0117. The van der Waals surface area contributed by atoms with Crippen molar-refractivity contribution in [2.45, 2.75) is 48.4 Å². The zero-order chi connectivity index (χ0) is 36.2. The molecule has 4 aromatic rings. The molecule has 0 aliphatic carbocycles. The van der Waals surface area contributed by atoms with Crippen LogP contribution in [0, 0.1) is 6.92 Å². The molecular weight excluding hydrogens is 786 g/mol. The number of aliphatic imine (C=N–C) groups is 1. The minimum Gasteiger partial charge on any atom is -0.394 e. The van der Waals surface area contributed by atoms with Crippen LogP contribution in [0.1, 0.15) is 41.4 Å². The number of ether oxygens (including phenoxy) is 2. The normalized spacial score (nSPS) is 17.4. The number of rotatable bonds is 8. The molecule has 0 radical (unpaired) electrons. The summed E-state index contributed by atoms with van der Waals surface area (Å²) < 4.78 is 94.9. The second-order valence-electron chi connectivity index (χ2n) is 10.4. The third kappa shape index (κ3) is 7.44. The Labute approximate surface area is 303 Å². The van der Waals surface area contributed by atoms with Crippen LogP contribution >= 0.6 is 69.9 Å². The molecular formula is C29H23Cl4F6N5O3S2. The van der Waals surface area contributed by atoms with Gasteiger partial charge in [0.15, 0.2) is 5.82 Å². The number of benzene rings is 2. The molecule has 1 aliphatic heterocycles. The fourth-order valence-corrected chi connectivity index (χ4v) is 7.68. The maximum absolute atomic E-state index is 13.6. The molecule has 5 rings (SSSR count). The predicted octanol–water partition coefficient (Wildman–Crippen LogP) is 10.0. The fourth-order valence-electron chi connectivity index (χ4n) is 4.96. The van der Waals surface area contributed by atoms with Crippen molar-refractivity contribution >= 4 is 81.5 Å². The Hall–Kier alpha value is -2.15. The van der Waals surface area contributed by atoms with Crippen LogP contribution in [0.2, 0.25) is 20.1 Å². The van der Waals surface area contributed by atoms with E-state index in [-0.39, 0.29) is 67.6 Å². The lowest BCUT2D eigenvalue weighted by atomic mass is 10.2. The summed E-state index contributed by atoms with van der Waals surface area (Å²) in [5.41, 5.74) is -0.994. The number of alkyl halides is 6. The Balaban J connectivity index is 1.72. The van der Waals surface area contributed by atoms with Crippen molar-refractivity contribution in [1.29, 1.82) is 0 Å². The number of aromatic nitrogens is 4. The van der Waals surface area contributed by atoms with Gasteiger partial charge in [0, 0.05) is 0 Å². The highest BCUT2D eigenvalue weighted by Gasteiger charge is 2.37. The Morgan fingerprint density at radius 3 is 1.80 bits per heavy atom. The van der Waals surface area contributed by atoms with Crippen molar-refractivity contribution in [3.8, 4) is 11.4 Å². The summed E-state index contributed by atoms with van der Waals surface area (Å²) in [6.07, 6.45) is -7.70. The number of aliphatic hydroxyl groups is 1. The van der Waals surface area contributed by atoms with E-state index in [1.165, 1.54) is 32.9 Å². The third-order valence-electron chi connectivity index (χ3n) is 7.22. The van der Waals surface area contributed by atoms with Gasteiger partial charge in [0.2, 0.25) is 6.29 Å². The van der Waals surface area contributed by atoms with Gasteiger partial charge in [-0.25, -0.2) is 14.4 Å². The van der Waals surface area contributed by atoms with E-state index in [9.17, 15) is 31.4 Å². The predicted molar refractivity (Wildman–Crippen MR) is 178 cm³/mol. The molecule has 2 aromatic heterocycles. The van der Waals surface area contributed by atoms with Crippen LogP contribution in [-0.2, 0) is 21.8 Å². The lowest BCUT2D eigenvalue weighted by molar-refractivity contribution is -0.138. The first-order chi connectivity index (χ1) is 22.9. The van der Waals surface area contributed by atoms with Gasteiger partial charge in [-0.3, -0.25) is 0 Å². The summed E-state index contributed by atoms with van der Waals surface area (Å²) >= 11 is 27.9. The molecule has 3 heterocycles. The van der Waals surface area contributed by atoms with Crippen LogP contribution in [0.4, 0.5) is 32.2 Å². The van der Waals surface area contributed by atoms with Gasteiger partial charge in [-0.1, -0.05) is 46.4 Å². The van der Waals surface area contributed by atoms with Gasteiger partial charge in [-0.15, -0.1) is 23.5 Å². The number of hydrogen-bond acceptors (Lipinski definition) is 8. The van der Waals surface area contributed by atoms with Crippen molar-refractivity contribution < 1.29 is 40.9 Å². The summed E-state index contributed by atoms with van der Waals surface area (Å²) in [4.78, 5) is 5.75. The number of thioether (sulfide) groups is 2. The summed E-state index contributed by atoms with van der Waals surface area (Å²) in [5.74, 6) is 0.0769. The van der Waals surface area contributed by atoms with E-state index >= 15 is 0 Å². The molecule has 0 amide bonds. The molecule has 264 valence electrons. The molecule has 20 heteroatoms. The number of aliphatic hydroxyl groups excluding tert-OH is 1. The largest absolute Gasteiger partial charge is 0.416 e. The van der Waals surface area contributed by atoms with Crippen LogP contribution in [0.3, 0.4) is 0 Å². The third-order valence-corrected chi connectivity index (χ3v) is 10.1. The summed E-state index contributed by atoms with van der Waals surface area (Å²) in [6, 6.07) is 2.92. The molecule has 8 nitrogen and oxygen atoms in total. The van der Waals surface area contributed by atoms with E-state index < -0.39 is 35.9 Å². The first-order valence-electron chi connectivity index (χ1n) is 13.8. The summed E-state index contributed by atoms with van der Waals surface area (Å²) in [7, 11) is 0. The molecule has 2 atom stereocenters. The minimum atomic E-state index is -4.74. The van der Waals surface area contributed by atoms with E-state index in [0.717, 1.165) is 12.1 Å². The smallest absolute Gasteiger partial charge is 0.394 e. The van der Waals surface area contributed by atoms with E-state index in [0.29, 0.717) is 27.6 Å². The highest BCUT2D eigenvalue weighted by atomic mass is 35.5. The summed E-state index contributed by atoms with van der Waals surface area (Å²) in [6.45, 7) is 2.98. The Kier molecular flexibility index (Phi) is 11.2. The van der Waals surface area contributed by atoms with E-state index in [1.54, 1.807) is 26.4 Å². The van der Waals surface area contributed by atoms with Gasteiger partial charge in [0.25, 0.3) is 0 Å². The lowest BCUT2D eigenvalue weighted by Gasteiger charge is -2.14. The second kappa shape index (κ2) is 14.5. The maximum Gasteiger partial charge on any atom is 0.416 e. The number of hydrogen-bond donors (Lipinski definition) is 1. The quantitative estimate of drug-likeness (QED) is 0.108. The Morgan fingerprint density at radius 1 is 0.878 bits per heavy atom. The van der Waals surface area contributed by atoms with Crippen LogP contribution < -0.4 is 0 Å². The van der Waals surface area contributed by atoms with E-state index in [1.807, 2.05) is 0 Å². The van der Waals surface area contributed by atoms with Crippen LogP contribution in [-0.4, -0.2) is 62.2 Å². The second-order valence-corrected chi connectivity index (χ2v) is 13.7. The molecule has 2 unspecified atom stereocenters. The highest BCUT2D eigenvalue weighted by Crippen LogP contribution is 2.45. The lowest BCUT2D eigenvalue weighted by Crippen LogP contribution is -2.14. The molecule has 49 heavy (non-hydrogen) atoms. The monoisotopic (exact) mass is 807 g/mol.